The molecule has 0 bridgehead atoms. The Hall–Kier alpha value is -5.12. The van der Waals surface area contributed by atoms with E-state index in [1.165, 1.54) is 6.21 Å². The largest absolute Gasteiger partial charge is 0.444 e. The average molecular weight is 609 g/mol. The van der Waals surface area contributed by atoms with Gasteiger partial charge in [-0.05, 0) is 88.9 Å². The highest BCUT2D eigenvalue weighted by Gasteiger charge is 2.30. The lowest BCUT2D eigenvalue weighted by Crippen LogP contribution is -2.50. The molecule has 2 aliphatic heterocycles. The number of hydrogen-bond donors (Lipinski definition) is 5. The van der Waals surface area contributed by atoms with E-state index < -0.39 is 5.60 Å². The Kier molecular flexibility index (Phi) is 8.94. The second kappa shape index (κ2) is 12.9. The summed E-state index contributed by atoms with van der Waals surface area (Å²) in [6.07, 6.45) is 5.95. The summed E-state index contributed by atoms with van der Waals surface area (Å²) in [6.45, 7) is 10.2. The lowest BCUT2D eigenvalue weighted by Gasteiger charge is -2.34. The minimum absolute atomic E-state index is 0.201. The number of amides is 3. The Balaban J connectivity index is 1.35. The van der Waals surface area contributed by atoms with Gasteiger partial charge in [0.05, 0.1) is 11.1 Å². The van der Waals surface area contributed by atoms with Gasteiger partial charge >= 0.3 is 6.09 Å². The van der Waals surface area contributed by atoms with Crippen LogP contribution in [0.5, 0.6) is 0 Å². The molecule has 3 aromatic rings. The van der Waals surface area contributed by atoms with Crippen LogP contribution in [-0.2, 0) is 9.53 Å². The number of benzene rings is 2. The number of para-hydroxylation sites is 1. The normalized spacial score (nSPS) is 17.5. The second-order valence-electron chi connectivity index (χ2n) is 12.4. The molecule has 0 spiro atoms. The summed E-state index contributed by atoms with van der Waals surface area (Å²) < 4.78 is 5.52. The molecule has 1 fully saturated rings. The van der Waals surface area contributed by atoms with E-state index in [9.17, 15) is 14.4 Å². The number of nitrogens with one attached hydrogen (secondary N) is 5. The summed E-state index contributed by atoms with van der Waals surface area (Å²) in [5.74, 6) is -0.473. The number of likely N-dealkylation sites (tertiary alicyclic amines) is 1. The topological polar surface area (TPSA) is 139 Å². The van der Waals surface area contributed by atoms with Gasteiger partial charge in [-0.25, -0.2) is 4.79 Å². The molecular formula is C35H40N6O4. The van der Waals surface area contributed by atoms with E-state index in [0.29, 0.717) is 52.4 Å². The van der Waals surface area contributed by atoms with Gasteiger partial charge in [0.2, 0.25) is 0 Å². The Bertz CT molecular complexity index is 1700. The number of allylic oxidation sites excluding steroid dienone is 1. The number of aromatic nitrogens is 1. The number of rotatable bonds is 7. The Labute approximate surface area is 263 Å². The monoisotopic (exact) mass is 608 g/mol. The van der Waals surface area contributed by atoms with E-state index in [2.05, 4.69) is 20.9 Å². The SMILES string of the molecule is Cc1[nH]c(/C=C2\C(=O)Nc3ccc(/C(C=N)=C/Nc4ccccc4)cc32)c(C)c1C(=O)N[C@H]1CCCN(C(=O)OC(C)(C)C)C1. The number of piperidine rings is 1. The van der Waals surface area contributed by atoms with Gasteiger partial charge < -0.3 is 36.0 Å². The molecule has 1 atom stereocenters. The van der Waals surface area contributed by atoms with Crippen LogP contribution in [0.25, 0.3) is 17.2 Å². The van der Waals surface area contributed by atoms with Crippen LogP contribution in [0.15, 0.2) is 54.7 Å². The molecule has 5 rings (SSSR count). The summed E-state index contributed by atoms with van der Waals surface area (Å²) in [5, 5.41) is 17.2. The fraction of sp³-hybridized carbons (Fsp3) is 0.314. The summed E-state index contributed by atoms with van der Waals surface area (Å²) in [5.41, 5.74) is 6.19. The first-order valence-corrected chi connectivity index (χ1v) is 15.1. The molecule has 234 valence electrons. The zero-order valence-electron chi connectivity index (χ0n) is 26.3. The maximum absolute atomic E-state index is 13.5. The molecule has 0 aliphatic carbocycles. The van der Waals surface area contributed by atoms with E-state index >= 15 is 0 Å². The molecule has 2 aliphatic rings. The van der Waals surface area contributed by atoms with E-state index in [1.807, 2.05) is 83.1 Å². The van der Waals surface area contributed by atoms with Crippen LogP contribution in [-0.4, -0.2) is 58.7 Å². The van der Waals surface area contributed by atoms with E-state index in [0.717, 1.165) is 29.7 Å². The third-order valence-corrected chi connectivity index (χ3v) is 7.86. The van der Waals surface area contributed by atoms with Gasteiger partial charge in [0, 0.05) is 65.4 Å². The molecule has 0 unspecified atom stereocenters. The number of anilines is 2. The summed E-state index contributed by atoms with van der Waals surface area (Å²) in [6, 6.07) is 15.1. The molecule has 3 amide bonds. The van der Waals surface area contributed by atoms with Gasteiger partial charge in [-0.1, -0.05) is 24.3 Å². The number of ether oxygens (including phenoxy) is 1. The number of hydrogen-bond acceptors (Lipinski definition) is 6. The quantitative estimate of drug-likeness (QED) is 0.157. The van der Waals surface area contributed by atoms with Crippen LogP contribution >= 0.6 is 0 Å². The minimum Gasteiger partial charge on any atom is -0.444 e. The van der Waals surface area contributed by atoms with Crippen molar-refractivity contribution in [2.75, 3.05) is 23.7 Å². The molecule has 10 nitrogen and oxygen atoms in total. The van der Waals surface area contributed by atoms with Crippen molar-refractivity contribution in [1.29, 1.82) is 5.41 Å². The Morgan fingerprint density at radius 3 is 2.58 bits per heavy atom. The van der Waals surface area contributed by atoms with Gasteiger partial charge in [0.1, 0.15) is 5.60 Å². The first-order chi connectivity index (χ1) is 21.4. The number of carbonyl (C=O) groups excluding carboxylic acids is 3. The van der Waals surface area contributed by atoms with E-state index in [-0.39, 0.29) is 23.9 Å². The molecule has 0 radical (unpaired) electrons. The van der Waals surface area contributed by atoms with Crippen LogP contribution in [0.1, 0.15) is 72.0 Å². The van der Waals surface area contributed by atoms with Crippen LogP contribution in [0, 0.1) is 19.3 Å². The van der Waals surface area contributed by atoms with Crippen molar-refractivity contribution < 1.29 is 19.1 Å². The number of H-pyrrole nitrogens is 1. The van der Waals surface area contributed by atoms with Crippen molar-refractivity contribution in [2.24, 2.45) is 0 Å². The molecule has 0 saturated carbocycles. The van der Waals surface area contributed by atoms with Crippen molar-refractivity contribution in [2.45, 2.75) is 59.1 Å². The molecule has 5 N–H and O–H groups in total. The van der Waals surface area contributed by atoms with E-state index in [4.69, 9.17) is 10.1 Å². The first kappa shape index (κ1) is 31.3. The van der Waals surface area contributed by atoms with Gasteiger partial charge in [-0.2, -0.15) is 0 Å². The van der Waals surface area contributed by atoms with E-state index in [1.54, 1.807) is 17.2 Å². The predicted octanol–water partition coefficient (Wildman–Crippen LogP) is 6.36. The fourth-order valence-corrected chi connectivity index (χ4v) is 5.66. The van der Waals surface area contributed by atoms with Crippen molar-refractivity contribution in [3.8, 4) is 0 Å². The number of aromatic amines is 1. The predicted molar refractivity (Wildman–Crippen MR) is 178 cm³/mol. The van der Waals surface area contributed by atoms with Crippen LogP contribution in [0.2, 0.25) is 0 Å². The lowest BCUT2D eigenvalue weighted by molar-refractivity contribution is -0.110. The van der Waals surface area contributed by atoms with Gasteiger partial charge in [0.25, 0.3) is 11.8 Å². The number of fused-ring (bicyclic) bond motifs is 1. The third-order valence-electron chi connectivity index (χ3n) is 7.86. The zero-order valence-corrected chi connectivity index (χ0v) is 26.3. The summed E-state index contributed by atoms with van der Waals surface area (Å²) in [4.78, 5) is 44.1. The van der Waals surface area contributed by atoms with Crippen LogP contribution in [0.3, 0.4) is 0 Å². The molecule has 2 aromatic carbocycles. The highest BCUT2D eigenvalue weighted by molar-refractivity contribution is 6.35. The summed E-state index contributed by atoms with van der Waals surface area (Å²) >= 11 is 0. The zero-order chi connectivity index (χ0) is 32.3. The lowest BCUT2D eigenvalue weighted by atomic mass is 9.99. The van der Waals surface area contributed by atoms with Crippen molar-refractivity contribution in [3.05, 3.63) is 88.4 Å². The standard InChI is InChI=1S/C35H40N6O4/c1-21-30(38-22(2)31(21)33(43)39-26-12-9-15-41(20-26)34(44)45-35(3,4)5)17-28-27-16-23(13-14-29(27)40-32(28)42)24(18-36)19-37-25-10-7-6-8-11-25/h6-8,10-11,13-14,16-19,26,36-38H,9,12,15,20H2,1-5H3,(H,39,43)(H,40,42)/b24-19+,28-17-,36-18?/t26-/m0/s1. The third kappa shape index (κ3) is 7.17. The van der Waals surface area contributed by atoms with Crippen LogP contribution in [0.4, 0.5) is 16.2 Å². The average Bonchev–Trinajstić information content (AvgIpc) is 3.46. The summed E-state index contributed by atoms with van der Waals surface area (Å²) in [7, 11) is 0. The van der Waals surface area contributed by atoms with Gasteiger partial charge in [-0.3, -0.25) is 9.59 Å². The molecule has 3 heterocycles. The maximum Gasteiger partial charge on any atom is 0.410 e. The number of nitrogens with zero attached hydrogens (tertiary/aromatic N) is 1. The molecular weight excluding hydrogens is 568 g/mol. The molecule has 45 heavy (non-hydrogen) atoms. The Morgan fingerprint density at radius 2 is 1.87 bits per heavy atom. The molecule has 1 saturated heterocycles. The van der Waals surface area contributed by atoms with Crippen molar-refractivity contribution >= 4 is 52.7 Å². The highest BCUT2D eigenvalue weighted by Crippen LogP contribution is 2.36. The van der Waals surface area contributed by atoms with Gasteiger partial charge in [0.15, 0.2) is 0 Å². The first-order valence-electron chi connectivity index (χ1n) is 15.1. The van der Waals surface area contributed by atoms with Crippen LogP contribution < -0.4 is 16.0 Å². The smallest absolute Gasteiger partial charge is 0.410 e. The van der Waals surface area contributed by atoms with Crippen molar-refractivity contribution in [3.63, 3.8) is 0 Å². The second-order valence-corrected chi connectivity index (χ2v) is 12.4. The number of carbonyl (C=O) groups is 3. The minimum atomic E-state index is -0.589. The Morgan fingerprint density at radius 1 is 1.11 bits per heavy atom. The van der Waals surface area contributed by atoms with Gasteiger partial charge in [-0.15, -0.1) is 0 Å². The fourth-order valence-electron chi connectivity index (χ4n) is 5.66. The molecule has 1 aromatic heterocycles. The highest BCUT2D eigenvalue weighted by atomic mass is 16.6. The maximum atomic E-state index is 13.5. The number of aryl methyl sites for hydroxylation is 1. The van der Waals surface area contributed by atoms with Crippen molar-refractivity contribution in [1.82, 2.24) is 15.2 Å². The molecule has 10 heteroatoms.